The van der Waals surface area contributed by atoms with Crippen LogP contribution >= 0.6 is 11.3 Å². The molecular formula is C23H22N4O2S. The van der Waals surface area contributed by atoms with Gasteiger partial charge >= 0.3 is 0 Å². The maximum Gasteiger partial charge on any atom is 0.270 e. The second-order valence-corrected chi connectivity index (χ2v) is 8.33. The number of aromatic nitrogens is 3. The third-order valence-corrected chi connectivity index (χ3v) is 6.08. The van der Waals surface area contributed by atoms with Gasteiger partial charge in [0.05, 0.1) is 23.9 Å². The van der Waals surface area contributed by atoms with E-state index >= 15 is 0 Å². The SMILES string of the molecule is Cn1ccc2c(Cc3ccc(-c4cscn4)cc3)cc(C(=O)N[C@@H]3CCOC3)nc21. The van der Waals surface area contributed by atoms with Crippen LogP contribution in [0.5, 0.6) is 0 Å². The van der Waals surface area contributed by atoms with Gasteiger partial charge < -0.3 is 14.6 Å². The Morgan fingerprint density at radius 2 is 2.17 bits per heavy atom. The van der Waals surface area contributed by atoms with Crippen molar-refractivity contribution in [3.05, 3.63) is 70.3 Å². The average Bonchev–Trinajstić information content (AvgIpc) is 3.52. The highest BCUT2D eigenvalue weighted by molar-refractivity contribution is 7.07. The summed E-state index contributed by atoms with van der Waals surface area (Å²) in [6.07, 6.45) is 3.56. The minimum absolute atomic E-state index is 0.0603. The number of fused-ring (bicyclic) bond motifs is 1. The summed E-state index contributed by atoms with van der Waals surface area (Å²) < 4.78 is 7.32. The van der Waals surface area contributed by atoms with Crippen LogP contribution in [0.1, 0.15) is 28.0 Å². The Morgan fingerprint density at radius 1 is 1.30 bits per heavy atom. The number of hydrogen-bond acceptors (Lipinski definition) is 5. The predicted octanol–water partition coefficient (Wildman–Crippen LogP) is 3.81. The molecule has 0 bridgehead atoms. The lowest BCUT2D eigenvalue weighted by molar-refractivity contribution is 0.0925. The number of amides is 1. The summed E-state index contributed by atoms with van der Waals surface area (Å²) in [4.78, 5) is 21.8. The van der Waals surface area contributed by atoms with Crippen molar-refractivity contribution in [2.75, 3.05) is 13.2 Å². The third kappa shape index (κ3) is 3.74. The van der Waals surface area contributed by atoms with E-state index in [-0.39, 0.29) is 11.9 Å². The molecule has 0 spiro atoms. The maximum atomic E-state index is 12.8. The average molecular weight is 419 g/mol. The molecule has 1 fully saturated rings. The fourth-order valence-electron chi connectivity index (χ4n) is 3.84. The molecule has 0 unspecified atom stereocenters. The monoisotopic (exact) mass is 418 g/mol. The molecule has 4 aromatic rings. The third-order valence-electron chi connectivity index (χ3n) is 5.50. The first-order chi connectivity index (χ1) is 14.7. The van der Waals surface area contributed by atoms with E-state index in [1.807, 2.05) is 34.8 Å². The van der Waals surface area contributed by atoms with Crippen LogP contribution in [0.2, 0.25) is 0 Å². The lowest BCUT2D eigenvalue weighted by Crippen LogP contribution is -2.35. The van der Waals surface area contributed by atoms with Crippen molar-refractivity contribution in [2.24, 2.45) is 7.05 Å². The molecule has 0 aliphatic carbocycles. The minimum atomic E-state index is -0.145. The van der Waals surface area contributed by atoms with Gasteiger partial charge in [0, 0.05) is 36.2 Å². The van der Waals surface area contributed by atoms with Crippen molar-refractivity contribution in [2.45, 2.75) is 18.9 Å². The zero-order valence-corrected chi connectivity index (χ0v) is 17.5. The van der Waals surface area contributed by atoms with Gasteiger partial charge in [0.2, 0.25) is 0 Å². The van der Waals surface area contributed by atoms with E-state index in [1.54, 1.807) is 11.3 Å². The molecule has 1 saturated heterocycles. The Morgan fingerprint density at radius 3 is 2.90 bits per heavy atom. The van der Waals surface area contributed by atoms with Gasteiger partial charge in [0.1, 0.15) is 11.3 Å². The number of aryl methyl sites for hydroxylation is 1. The van der Waals surface area contributed by atoms with Crippen molar-refractivity contribution in [3.63, 3.8) is 0 Å². The van der Waals surface area contributed by atoms with Gasteiger partial charge in [0.15, 0.2) is 0 Å². The molecule has 1 aromatic carbocycles. The summed E-state index contributed by atoms with van der Waals surface area (Å²) in [5.74, 6) is -0.145. The second-order valence-electron chi connectivity index (χ2n) is 7.61. The number of carbonyl (C=O) groups excluding carboxylic acids is 1. The number of carbonyl (C=O) groups is 1. The molecule has 1 aliphatic heterocycles. The van der Waals surface area contributed by atoms with Gasteiger partial charge in [-0.15, -0.1) is 11.3 Å². The van der Waals surface area contributed by atoms with E-state index in [4.69, 9.17) is 4.74 Å². The van der Waals surface area contributed by atoms with Crippen LogP contribution in [0.25, 0.3) is 22.3 Å². The molecule has 30 heavy (non-hydrogen) atoms. The molecule has 7 heteroatoms. The summed E-state index contributed by atoms with van der Waals surface area (Å²) in [5, 5.41) is 6.16. The minimum Gasteiger partial charge on any atom is -0.379 e. The van der Waals surface area contributed by atoms with Gasteiger partial charge in [-0.25, -0.2) is 9.97 Å². The first kappa shape index (κ1) is 19.0. The number of hydrogen-bond donors (Lipinski definition) is 1. The molecule has 1 N–H and O–H groups in total. The Kier molecular flexibility index (Phi) is 5.06. The number of nitrogens with one attached hydrogen (secondary N) is 1. The number of benzene rings is 1. The van der Waals surface area contributed by atoms with E-state index in [9.17, 15) is 4.79 Å². The molecule has 1 amide bonds. The summed E-state index contributed by atoms with van der Waals surface area (Å²) in [6.45, 7) is 1.26. The van der Waals surface area contributed by atoms with Gasteiger partial charge in [0.25, 0.3) is 5.91 Å². The number of ether oxygens (including phenoxy) is 1. The van der Waals surface area contributed by atoms with Crippen molar-refractivity contribution in [1.29, 1.82) is 0 Å². The standard InChI is InChI=1S/C23H22N4O2S/c1-27-8-6-19-17(10-15-2-4-16(5-3-15)21-13-30-14-24-21)11-20(26-22(19)27)23(28)25-18-7-9-29-12-18/h2-6,8,11,13-14,18H,7,9-10,12H2,1H3,(H,25,28)/t18-/m1/s1. The molecule has 6 nitrogen and oxygen atoms in total. The molecule has 3 aromatic heterocycles. The van der Waals surface area contributed by atoms with Crippen LogP contribution in [0.15, 0.2) is 53.5 Å². The summed E-state index contributed by atoms with van der Waals surface area (Å²) >= 11 is 1.59. The molecule has 152 valence electrons. The van der Waals surface area contributed by atoms with Gasteiger partial charge in [-0.2, -0.15) is 0 Å². The highest BCUT2D eigenvalue weighted by Crippen LogP contribution is 2.24. The normalized spacial score (nSPS) is 16.2. The van der Waals surface area contributed by atoms with Gasteiger partial charge in [-0.1, -0.05) is 24.3 Å². The fourth-order valence-corrected chi connectivity index (χ4v) is 4.40. The zero-order valence-electron chi connectivity index (χ0n) is 16.7. The molecule has 4 heterocycles. The van der Waals surface area contributed by atoms with Crippen molar-refractivity contribution < 1.29 is 9.53 Å². The topological polar surface area (TPSA) is 69.0 Å². The first-order valence-corrected chi connectivity index (χ1v) is 10.9. The smallest absolute Gasteiger partial charge is 0.270 e. The maximum absolute atomic E-state index is 12.8. The highest BCUT2D eigenvalue weighted by Gasteiger charge is 2.21. The lowest BCUT2D eigenvalue weighted by Gasteiger charge is -2.12. The highest BCUT2D eigenvalue weighted by atomic mass is 32.1. The van der Waals surface area contributed by atoms with Crippen LogP contribution in [-0.4, -0.2) is 39.7 Å². The molecule has 0 saturated carbocycles. The number of thiazole rings is 1. The molecule has 5 rings (SSSR count). The summed E-state index contributed by atoms with van der Waals surface area (Å²) in [6, 6.07) is 12.5. The van der Waals surface area contributed by atoms with E-state index in [1.165, 1.54) is 5.56 Å². The molecule has 1 atom stereocenters. The molecule has 0 radical (unpaired) electrons. The summed E-state index contributed by atoms with van der Waals surface area (Å²) in [7, 11) is 1.95. The molecule has 1 aliphatic rings. The van der Waals surface area contributed by atoms with E-state index in [0.29, 0.717) is 18.9 Å². The van der Waals surface area contributed by atoms with Crippen LogP contribution in [0, 0.1) is 0 Å². The van der Waals surface area contributed by atoms with Crippen molar-refractivity contribution in [1.82, 2.24) is 19.9 Å². The fraction of sp³-hybridized carbons (Fsp3) is 0.261. The van der Waals surface area contributed by atoms with Crippen LogP contribution < -0.4 is 5.32 Å². The number of nitrogens with zero attached hydrogens (tertiary/aromatic N) is 3. The summed E-state index contributed by atoms with van der Waals surface area (Å²) in [5.41, 5.74) is 7.49. The zero-order chi connectivity index (χ0) is 20.5. The quantitative estimate of drug-likeness (QED) is 0.535. The Hall–Kier alpha value is -3.03. The first-order valence-electron chi connectivity index (χ1n) is 9.98. The molecular weight excluding hydrogens is 396 g/mol. The number of rotatable bonds is 5. The van der Waals surface area contributed by atoms with E-state index < -0.39 is 0 Å². The Balaban J connectivity index is 1.44. The van der Waals surface area contributed by atoms with E-state index in [2.05, 4.69) is 45.6 Å². The van der Waals surface area contributed by atoms with Crippen molar-refractivity contribution >= 4 is 28.3 Å². The van der Waals surface area contributed by atoms with Gasteiger partial charge in [-0.3, -0.25) is 4.79 Å². The number of pyridine rings is 1. The Bertz CT molecular complexity index is 1180. The lowest BCUT2D eigenvalue weighted by atomic mass is 10.0. The predicted molar refractivity (Wildman–Crippen MR) is 118 cm³/mol. The van der Waals surface area contributed by atoms with Crippen LogP contribution in [0.4, 0.5) is 0 Å². The van der Waals surface area contributed by atoms with Crippen LogP contribution in [-0.2, 0) is 18.2 Å². The largest absolute Gasteiger partial charge is 0.379 e. The van der Waals surface area contributed by atoms with Crippen molar-refractivity contribution in [3.8, 4) is 11.3 Å². The van der Waals surface area contributed by atoms with Gasteiger partial charge in [-0.05, 0) is 36.1 Å². The Labute approximate surface area is 178 Å². The van der Waals surface area contributed by atoms with Crippen LogP contribution in [0.3, 0.4) is 0 Å². The van der Waals surface area contributed by atoms with E-state index in [0.717, 1.165) is 40.7 Å². The second kappa shape index (κ2) is 8.01.